The second kappa shape index (κ2) is 4.74. The van der Waals surface area contributed by atoms with Gasteiger partial charge in [-0.25, -0.2) is 0 Å². The minimum Gasteiger partial charge on any atom is -0.323 e. The summed E-state index contributed by atoms with van der Waals surface area (Å²) in [6.07, 6.45) is 0. The van der Waals surface area contributed by atoms with E-state index in [2.05, 4.69) is 0 Å². The maximum atomic E-state index is 10.7. The van der Waals surface area contributed by atoms with Crippen LogP contribution in [0, 0.1) is 0 Å². The Morgan fingerprint density at radius 3 is 2.08 bits per heavy atom. The average molecular weight is 224 g/mol. The monoisotopic (exact) mass is 223 g/mol. The Bertz CT molecular complexity index is 300. The van der Waals surface area contributed by atoms with Crippen molar-refractivity contribution in [3.63, 3.8) is 0 Å². The van der Waals surface area contributed by atoms with Crippen molar-refractivity contribution in [2.75, 3.05) is 0 Å². The van der Waals surface area contributed by atoms with Crippen LogP contribution in [0.2, 0.25) is 0 Å². The van der Waals surface area contributed by atoms with Crippen molar-refractivity contribution < 1.29 is 14.4 Å². The summed E-state index contributed by atoms with van der Waals surface area (Å²) in [5.74, 6) is -1.21. The minimum atomic E-state index is -4.20. The van der Waals surface area contributed by atoms with Crippen LogP contribution in [0.3, 0.4) is 0 Å². The first kappa shape index (κ1) is 12.6. The summed E-state index contributed by atoms with van der Waals surface area (Å²) >= 11 is 0. The van der Waals surface area contributed by atoms with E-state index in [0.29, 0.717) is 5.56 Å². The molecule has 0 fully saturated rings. The van der Waals surface area contributed by atoms with Gasteiger partial charge in [-0.3, -0.25) is 4.57 Å². The van der Waals surface area contributed by atoms with Crippen LogP contribution in [0.4, 0.5) is 0 Å². The third-order valence-corrected chi connectivity index (χ3v) is 2.53. The van der Waals surface area contributed by atoms with E-state index in [-0.39, 0.29) is 12.4 Å². The van der Waals surface area contributed by atoms with E-state index in [1.54, 1.807) is 30.3 Å². The molecule has 0 radical (unpaired) electrons. The lowest BCUT2D eigenvalue weighted by Gasteiger charge is -2.12. The highest BCUT2D eigenvalue weighted by molar-refractivity contribution is 7.52. The van der Waals surface area contributed by atoms with E-state index < -0.39 is 13.4 Å². The van der Waals surface area contributed by atoms with E-state index in [9.17, 15) is 4.57 Å². The molecule has 0 aromatic heterocycles. The highest BCUT2D eigenvalue weighted by Crippen LogP contribution is 2.47. The van der Waals surface area contributed by atoms with Gasteiger partial charge >= 0.3 is 7.60 Å². The Morgan fingerprint density at radius 1 is 1.23 bits per heavy atom. The molecule has 1 atom stereocenters. The Labute approximate surface area is 82.3 Å². The smallest absolute Gasteiger partial charge is 0.323 e. The van der Waals surface area contributed by atoms with E-state index in [0.717, 1.165) is 0 Å². The molecule has 0 aliphatic rings. The van der Waals surface area contributed by atoms with Crippen LogP contribution in [0.25, 0.3) is 0 Å². The van der Waals surface area contributed by atoms with Crippen molar-refractivity contribution in [3.8, 4) is 0 Å². The van der Waals surface area contributed by atoms with Crippen LogP contribution in [0.1, 0.15) is 11.3 Å². The molecule has 0 amide bonds. The summed E-state index contributed by atoms with van der Waals surface area (Å²) in [6.45, 7) is 0. The molecule has 4 nitrogen and oxygen atoms in total. The normalized spacial score (nSPS) is 13.2. The summed E-state index contributed by atoms with van der Waals surface area (Å²) < 4.78 is 10.7. The second-order valence-electron chi connectivity index (χ2n) is 2.44. The van der Waals surface area contributed by atoms with Crippen LogP contribution in [0.5, 0.6) is 0 Å². The highest BCUT2D eigenvalue weighted by Gasteiger charge is 2.25. The molecule has 1 aromatic rings. The lowest BCUT2D eigenvalue weighted by Crippen LogP contribution is -2.10. The molecule has 0 heterocycles. The van der Waals surface area contributed by atoms with E-state index in [1.165, 1.54) is 0 Å². The zero-order valence-electron chi connectivity index (χ0n) is 6.70. The van der Waals surface area contributed by atoms with E-state index in [1.807, 2.05) is 0 Å². The van der Waals surface area contributed by atoms with Crippen molar-refractivity contribution in [1.29, 1.82) is 0 Å². The molecule has 1 rings (SSSR count). The molecule has 0 saturated carbocycles. The molecular formula is C7H11ClNO3P. The van der Waals surface area contributed by atoms with Crippen molar-refractivity contribution in [3.05, 3.63) is 35.9 Å². The second-order valence-corrected chi connectivity index (χ2v) is 4.18. The maximum absolute atomic E-state index is 10.7. The first-order valence-corrected chi connectivity index (χ1v) is 5.06. The summed E-state index contributed by atoms with van der Waals surface area (Å²) in [5, 5.41) is 0. The Balaban J connectivity index is 0.00000144. The van der Waals surface area contributed by atoms with Gasteiger partial charge in [0.2, 0.25) is 0 Å². The fourth-order valence-corrected chi connectivity index (χ4v) is 1.40. The molecule has 4 N–H and O–H groups in total. The molecule has 6 heteroatoms. The zero-order valence-corrected chi connectivity index (χ0v) is 8.41. The Hall–Kier alpha value is -0.380. The van der Waals surface area contributed by atoms with Crippen LogP contribution in [-0.2, 0) is 4.57 Å². The van der Waals surface area contributed by atoms with Crippen LogP contribution in [0.15, 0.2) is 30.3 Å². The standard InChI is InChI=1S/C7H10NO3P.ClH/c8-7(12(9,10)11)6-4-2-1-3-5-6;/h1-5,7H,8H2,(H2,9,10,11);1H/t7-;/m0./s1. The van der Waals surface area contributed by atoms with Gasteiger partial charge in [-0.05, 0) is 5.56 Å². The Morgan fingerprint density at radius 2 is 1.69 bits per heavy atom. The van der Waals surface area contributed by atoms with Gasteiger partial charge in [0.15, 0.2) is 0 Å². The number of benzene rings is 1. The molecule has 74 valence electrons. The SMILES string of the molecule is Cl.N[C@H](c1ccccc1)P(=O)(O)O. The minimum absolute atomic E-state index is 0. The van der Waals surface area contributed by atoms with Crippen LogP contribution in [-0.4, -0.2) is 9.79 Å². The first-order chi connectivity index (χ1) is 5.52. The molecule has 0 saturated heterocycles. The Kier molecular flexibility index (Phi) is 4.61. The van der Waals surface area contributed by atoms with Gasteiger partial charge in [0.1, 0.15) is 5.78 Å². The van der Waals surface area contributed by atoms with Gasteiger partial charge in [0.25, 0.3) is 0 Å². The molecule has 0 spiro atoms. The summed E-state index contributed by atoms with van der Waals surface area (Å²) in [6, 6.07) is 8.30. The lowest BCUT2D eigenvalue weighted by atomic mass is 10.2. The molecule has 13 heavy (non-hydrogen) atoms. The largest absolute Gasteiger partial charge is 0.346 e. The van der Waals surface area contributed by atoms with Gasteiger partial charge in [-0.15, -0.1) is 12.4 Å². The van der Waals surface area contributed by atoms with Gasteiger partial charge in [-0.2, -0.15) is 0 Å². The third-order valence-electron chi connectivity index (χ3n) is 1.50. The number of nitrogens with two attached hydrogens (primary N) is 1. The fourth-order valence-electron chi connectivity index (χ4n) is 0.844. The molecule has 0 aliphatic heterocycles. The summed E-state index contributed by atoms with van der Waals surface area (Å²) in [5.41, 5.74) is 5.76. The van der Waals surface area contributed by atoms with Crippen molar-refractivity contribution >= 4 is 20.0 Å². The molecule has 1 aromatic carbocycles. The van der Waals surface area contributed by atoms with Gasteiger partial charge in [-0.1, -0.05) is 30.3 Å². The highest BCUT2D eigenvalue weighted by atomic mass is 35.5. The van der Waals surface area contributed by atoms with Gasteiger partial charge < -0.3 is 15.5 Å². The predicted octanol–water partition coefficient (Wildman–Crippen LogP) is 1.24. The lowest BCUT2D eigenvalue weighted by molar-refractivity contribution is 0.359. The maximum Gasteiger partial charge on any atom is 0.346 e. The quantitative estimate of drug-likeness (QED) is 0.659. The molecule has 0 bridgehead atoms. The number of hydrogen-bond acceptors (Lipinski definition) is 2. The van der Waals surface area contributed by atoms with Crippen LogP contribution >= 0.6 is 20.0 Å². The molecular weight excluding hydrogens is 213 g/mol. The molecule has 0 unspecified atom stereocenters. The third kappa shape index (κ3) is 3.46. The fraction of sp³-hybridized carbons (Fsp3) is 0.143. The van der Waals surface area contributed by atoms with Crippen molar-refractivity contribution in [2.45, 2.75) is 5.78 Å². The van der Waals surface area contributed by atoms with Gasteiger partial charge in [0, 0.05) is 0 Å². The summed E-state index contributed by atoms with van der Waals surface area (Å²) in [7, 11) is -4.20. The zero-order chi connectivity index (χ0) is 9.19. The van der Waals surface area contributed by atoms with Crippen molar-refractivity contribution in [2.24, 2.45) is 5.73 Å². The van der Waals surface area contributed by atoms with Gasteiger partial charge in [0.05, 0.1) is 0 Å². The number of rotatable bonds is 2. The van der Waals surface area contributed by atoms with Crippen LogP contribution < -0.4 is 5.73 Å². The summed E-state index contributed by atoms with van der Waals surface area (Å²) in [4.78, 5) is 17.5. The van der Waals surface area contributed by atoms with Crippen molar-refractivity contribution in [1.82, 2.24) is 0 Å². The molecule has 0 aliphatic carbocycles. The topological polar surface area (TPSA) is 83.6 Å². The predicted molar refractivity (Wildman–Crippen MR) is 52.7 cm³/mol. The van der Waals surface area contributed by atoms with E-state index >= 15 is 0 Å². The van der Waals surface area contributed by atoms with E-state index in [4.69, 9.17) is 15.5 Å². The number of halogens is 1. The average Bonchev–Trinajstić information content (AvgIpc) is 2.03. The number of hydrogen-bond donors (Lipinski definition) is 3. The first-order valence-electron chi connectivity index (χ1n) is 3.37.